The Morgan fingerprint density at radius 3 is 2.38 bits per heavy atom. The number of amides is 1. The minimum atomic E-state index is -0.999. The molecular weight excluding hydrogens is 353 g/mol. The predicted molar refractivity (Wildman–Crippen MR) is 93.0 cm³/mol. The van der Waals surface area contributed by atoms with E-state index >= 15 is 0 Å². The maximum absolute atomic E-state index is 12.1. The van der Waals surface area contributed by atoms with Gasteiger partial charge in [-0.3, -0.25) is 4.79 Å². The van der Waals surface area contributed by atoms with E-state index in [0.29, 0.717) is 27.0 Å². The van der Waals surface area contributed by atoms with Gasteiger partial charge in [0.25, 0.3) is 5.91 Å². The average molecular weight is 368 g/mol. The van der Waals surface area contributed by atoms with E-state index in [2.05, 4.69) is 5.32 Å². The molecule has 0 saturated carbocycles. The van der Waals surface area contributed by atoms with Crippen LogP contribution in [0, 0.1) is 0 Å². The molecule has 0 aliphatic carbocycles. The molecule has 0 heterocycles. The summed E-state index contributed by atoms with van der Waals surface area (Å²) < 4.78 is 10.2. The molecular formula is C17H15Cl2NO4. The molecule has 24 heavy (non-hydrogen) atoms. The second-order valence-corrected chi connectivity index (χ2v) is 5.80. The largest absolute Gasteiger partial charge is 0.497 e. The number of carbonyl (C=O) groups excluding carboxylic acids is 2. The van der Waals surface area contributed by atoms with Crippen molar-refractivity contribution in [2.24, 2.45) is 0 Å². The van der Waals surface area contributed by atoms with Gasteiger partial charge < -0.3 is 14.8 Å². The van der Waals surface area contributed by atoms with E-state index in [-0.39, 0.29) is 0 Å². The Balaban J connectivity index is 2.01. The molecule has 0 aromatic heterocycles. The molecule has 0 spiro atoms. The Morgan fingerprint density at radius 2 is 1.75 bits per heavy atom. The van der Waals surface area contributed by atoms with E-state index in [1.165, 1.54) is 20.1 Å². The van der Waals surface area contributed by atoms with Crippen LogP contribution in [0.2, 0.25) is 10.0 Å². The molecule has 1 N–H and O–H groups in total. The van der Waals surface area contributed by atoms with Crippen LogP contribution in [0.3, 0.4) is 0 Å². The van der Waals surface area contributed by atoms with E-state index in [1.807, 2.05) is 0 Å². The van der Waals surface area contributed by atoms with Gasteiger partial charge in [-0.1, -0.05) is 29.3 Å². The Labute approximate surface area is 149 Å². The molecule has 0 bridgehead atoms. The molecule has 0 aliphatic heterocycles. The Kier molecular flexibility index (Phi) is 6.06. The summed E-state index contributed by atoms with van der Waals surface area (Å²) in [4.78, 5) is 24.2. The van der Waals surface area contributed by atoms with E-state index in [1.54, 1.807) is 36.4 Å². The molecule has 0 aliphatic rings. The molecule has 0 saturated heterocycles. The van der Waals surface area contributed by atoms with Crippen LogP contribution in [-0.4, -0.2) is 25.1 Å². The molecule has 5 nitrogen and oxygen atoms in total. The highest BCUT2D eigenvalue weighted by Crippen LogP contribution is 2.22. The van der Waals surface area contributed by atoms with Crippen LogP contribution in [0.15, 0.2) is 42.5 Å². The summed E-state index contributed by atoms with van der Waals surface area (Å²) in [5.74, 6) is -0.597. The SMILES string of the molecule is COc1cccc(C(=O)O[C@@H](C)C(=O)Nc2cc(Cl)cc(Cl)c2)c1. The number of anilines is 1. The van der Waals surface area contributed by atoms with Crippen molar-refractivity contribution < 1.29 is 19.1 Å². The maximum Gasteiger partial charge on any atom is 0.339 e. The summed E-state index contributed by atoms with van der Waals surface area (Å²) >= 11 is 11.7. The molecule has 0 unspecified atom stereocenters. The number of hydrogen-bond donors (Lipinski definition) is 1. The molecule has 2 aromatic rings. The Morgan fingerprint density at radius 1 is 1.08 bits per heavy atom. The first kappa shape index (κ1) is 18.1. The maximum atomic E-state index is 12.1. The number of methoxy groups -OCH3 is 1. The zero-order valence-electron chi connectivity index (χ0n) is 13.0. The van der Waals surface area contributed by atoms with Crippen molar-refractivity contribution >= 4 is 40.8 Å². The molecule has 2 aromatic carbocycles. The van der Waals surface area contributed by atoms with Crippen LogP contribution in [0.4, 0.5) is 5.69 Å². The number of carbonyl (C=O) groups is 2. The summed E-state index contributed by atoms with van der Waals surface area (Å²) in [6.45, 7) is 1.47. The fourth-order valence-electron chi connectivity index (χ4n) is 1.90. The summed E-state index contributed by atoms with van der Waals surface area (Å²) in [7, 11) is 1.50. The van der Waals surface area contributed by atoms with Gasteiger partial charge in [0.1, 0.15) is 5.75 Å². The monoisotopic (exact) mass is 367 g/mol. The second-order valence-electron chi connectivity index (χ2n) is 4.93. The quantitative estimate of drug-likeness (QED) is 0.804. The zero-order valence-corrected chi connectivity index (χ0v) is 14.5. The molecule has 126 valence electrons. The number of halogens is 2. The van der Waals surface area contributed by atoms with Crippen molar-refractivity contribution in [1.29, 1.82) is 0 Å². The van der Waals surface area contributed by atoms with Gasteiger partial charge in [-0.15, -0.1) is 0 Å². The number of rotatable bonds is 5. The van der Waals surface area contributed by atoms with Crippen molar-refractivity contribution in [3.8, 4) is 5.75 Å². The molecule has 0 radical (unpaired) electrons. The fourth-order valence-corrected chi connectivity index (χ4v) is 2.43. The van der Waals surface area contributed by atoms with Crippen molar-refractivity contribution in [1.82, 2.24) is 0 Å². The highest BCUT2D eigenvalue weighted by molar-refractivity contribution is 6.35. The lowest BCUT2D eigenvalue weighted by atomic mass is 10.2. The number of ether oxygens (including phenoxy) is 2. The average Bonchev–Trinajstić information content (AvgIpc) is 2.53. The van der Waals surface area contributed by atoms with E-state index in [0.717, 1.165) is 0 Å². The van der Waals surface area contributed by atoms with Gasteiger partial charge in [-0.05, 0) is 43.3 Å². The van der Waals surface area contributed by atoms with Crippen LogP contribution >= 0.6 is 23.2 Å². The Bertz CT molecular complexity index is 744. The van der Waals surface area contributed by atoms with Crippen LogP contribution in [0.25, 0.3) is 0 Å². The minimum Gasteiger partial charge on any atom is -0.497 e. The van der Waals surface area contributed by atoms with Gasteiger partial charge in [0.05, 0.1) is 12.7 Å². The first-order valence-electron chi connectivity index (χ1n) is 7.01. The molecule has 0 fully saturated rings. The lowest BCUT2D eigenvalue weighted by Crippen LogP contribution is -2.30. The number of esters is 1. The smallest absolute Gasteiger partial charge is 0.339 e. The van der Waals surface area contributed by atoms with Gasteiger partial charge in [0, 0.05) is 15.7 Å². The van der Waals surface area contributed by atoms with Gasteiger partial charge in [-0.25, -0.2) is 4.79 Å². The fraction of sp³-hybridized carbons (Fsp3) is 0.176. The van der Waals surface area contributed by atoms with Crippen LogP contribution in [0.5, 0.6) is 5.75 Å². The first-order chi connectivity index (χ1) is 11.4. The van der Waals surface area contributed by atoms with Gasteiger partial charge in [0.2, 0.25) is 0 Å². The minimum absolute atomic E-state index is 0.291. The third-order valence-corrected chi connectivity index (χ3v) is 3.53. The van der Waals surface area contributed by atoms with E-state index < -0.39 is 18.0 Å². The van der Waals surface area contributed by atoms with Gasteiger partial charge in [-0.2, -0.15) is 0 Å². The summed E-state index contributed by atoms with van der Waals surface area (Å²) in [6, 6.07) is 11.1. The summed E-state index contributed by atoms with van der Waals surface area (Å²) in [5.41, 5.74) is 0.710. The van der Waals surface area contributed by atoms with Crippen LogP contribution in [0.1, 0.15) is 17.3 Å². The van der Waals surface area contributed by atoms with E-state index in [9.17, 15) is 9.59 Å². The summed E-state index contributed by atoms with van der Waals surface area (Å²) in [5, 5.41) is 3.37. The molecule has 2 rings (SSSR count). The normalized spacial score (nSPS) is 11.5. The van der Waals surface area contributed by atoms with Crippen LogP contribution < -0.4 is 10.1 Å². The first-order valence-corrected chi connectivity index (χ1v) is 7.76. The number of nitrogens with one attached hydrogen (secondary N) is 1. The van der Waals surface area contributed by atoms with Gasteiger partial charge in [0.15, 0.2) is 6.10 Å². The number of hydrogen-bond acceptors (Lipinski definition) is 4. The van der Waals surface area contributed by atoms with Crippen molar-refractivity contribution in [2.45, 2.75) is 13.0 Å². The molecule has 1 atom stereocenters. The van der Waals surface area contributed by atoms with E-state index in [4.69, 9.17) is 32.7 Å². The van der Waals surface area contributed by atoms with Crippen molar-refractivity contribution in [3.63, 3.8) is 0 Å². The highest BCUT2D eigenvalue weighted by Gasteiger charge is 2.19. The summed E-state index contributed by atoms with van der Waals surface area (Å²) in [6.07, 6.45) is -0.999. The third kappa shape index (κ3) is 4.88. The van der Waals surface area contributed by atoms with Gasteiger partial charge >= 0.3 is 5.97 Å². The highest BCUT2D eigenvalue weighted by atomic mass is 35.5. The zero-order chi connectivity index (χ0) is 17.7. The molecule has 7 heteroatoms. The molecule has 1 amide bonds. The lowest BCUT2D eigenvalue weighted by molar-refractivity contribution is -0.123. The Hall–Kier alpha value is -2.24. The standard InChI is InChI=1S/C17H15Cl2NO4/c1-10(16(21)20-14-8-12(18)7-13(19)9-14)24-17(22)11-4-3-5-15(6-11)23-2/h3-10H,1-2H3,(H,20,21)/t10-/m0/s1. The number of benzene rings is 2. The van der Waals surface area contributed by atoms with Crippen molar-refractivity contribution in [2.75, 3.05) is 12.4 Å². The third-order valence-electron chi connectivity index (χ3n) is 3.09. The van der Waals surface area contributed by atoms with Crippen molar-refractivity contribution in [3.05, 3.63) is 58.1 Å². The topological polar surface area (TPSA) is 64.6 Å². The second kappa shape index (κ2) is 8.04. The predicted octanol–water partition coefficient (Wildman–Crippen LogP) is 4.19. The van der Waals surface area contributed by atoms with Crippen LogP contribution in [-0.2, 0) is 9.53 Å². The lowest BCUT2D eigenvalue weighted by Gasteiger charge is -2.14.